The molecule has 21 heavy (non-hydrogen) atoms. The number of carbonyl (C=O) groups is 2. The molecule has 0 aromatic carbocycles. The Balaban J connectivity index is 4.57. The average molecular weight is 301 g/mol. The van der Waals surface area contributed by atoms with Crippen molar-refractivity contribution in [3.05, 3.63) is 11.6 Å². The second-order valence-corrected chi connectivity index (χ2v) is 6.11. The number of allylic oxidation sites excluding steroid dienone is 1. The highest BCUT2D eigenvalue weighted by Gasteiger charge is 2.25. The van der Waals surface area contributed by atoms with Crippen LogP contribution < -0.4 is 5.32 Å². The van der Waals surface area contributed by atoms with E-state index in [1.807, 2.05) is 13.8 Å². The Morgan fingerprint density at radius 2 is 1.81 bits per heavy atom. The summed E-state index contributed by atoms with van der Waals surface area (Å²) in [7, 11) is 1.25. The molecule has 0 radical (unpaired) electrons. The molecule has 2 N–H and O–H groups in total. The van der Waals surface area contributed by atoms with Crippen LogP contribution >= 0.6 is 0 Å². The summed E-state index contributed by atoms with van der Waals surface area (Å²) in [6.45, 7) is 8.95. The van der Waals surface area contributed by atoms with E-state index in [9.17, 15) is 14.7 Å². The largest absolute Gasteiger partial charge is 0.467 e. The molecule has 0 bridgehead atoms. The summed E-state index contributed by atoms with van der Waals surface area (Å²) in [5.74, 6) is -0.565. The van der Waals surface area contributed by atoms with Gasteiger partial charge in [-0.05, 0) is 47.5 Å². The lowest BCUT2D eigenvalue weighted by molar-refractivity contribution is -0.143. The molecule has 0 aromatic heterocycles. The van der Waals surface area contributed by atoms with Gasteiger partial charge >= 0.3 is 12.1 Å². The number of aliphatic hydroxyl groups excluding tert-OH is 1. The number of aliphatic hydroxyl groups is 1. The summed E-state index contributed by atoms with van der Waals surface area (Å²) >= 11 is 0. The Kier molecular flexibility index (Phi) is 8.02. The smallest absolute Gasteiger partial charge is 0.408 e. The predicted octanol–water partition coefficient (Wildman–Crippen LogP) is 2.16. The van der Waals surface area contributed by atoms with Crippen LogP contribution in [0, 0.1) is 0 Å². The Bertz CT molecular complexity index is 380. The molecule has 6 nitrogen and oxygen atoms in total. The summed E-state index contributed by atoms with van der Waals surface area (Å²) in [4.78, 5) is 23.4. The van der Waals surface area contributed by atoms with E-state index in [0.717, 1.165) is 5.57 Å². The minimum absolute atomic E-state index is 0.261. The molecule has 0 fully saturated rings. The van der Waals surface area contributed by atoms with E-state index in [1.54, 1.807) is 26.8 Å². The Hall–Kier alpha value is -1.56. The Morgan fingerprint density at radius 1 is 1.24 bits per heavy atom. The van der Waals surface area contributed by atoms with E-state index in [4.69, 9.17) is 4.74 Å². The van der Waals surface area contributed by atoms with Crippen LogP contribution in [0.2, 0.25) is 0 Å². The van der Waals surface area contributed by atoms with Crippen LogP contribution in [0.15, 0.2) is 11.6 Å². The third-order valence-corrected chi connectivity index (χ3v) is 2.45. The molecule has 0 aliphatic heterocycles. The molecular formula is C15H27NO5. The fraction of sp³-hybridized carbons (Fsp3) is 0.733. The maximum atomic E-state index is 11.7. The van der Waals surface area contributed by atoms with Crippen LogP contribution in [-0.4, -0.2) is 42.0 Å². The number of methoxy groups -OCH3 is 1. The molecule has 0 spiro atoms. The second-order valence-electron chi connectivity index (χ2n) is 6.11. The number of hydrogen-bond acceptors (Lipinski definition) is 5. The third kappa shape index (κ3) is 9.90. The average Bonchev–Trinajstić information content (AvgIpc) is 2.30. The first-order valence-electron chi connectivity index (χ1n) is 6.95. The molecule has 0 aliphatic rings. The van der Waals surface area contributed by atoms with E-state index in [-0.39, 0.29) is 6.42 Å². The number of amides is 1. The maximum Gasteiger partial charge on any atom is 0.408 e. The lowest BCUT2D eigenvalue weighted by atomic mass is 10.1. The quantitative estimate of drug-likeness (QED) is 0.580. The zero-order valence-corrected chi connectivity index (χ0v) is 13.7. The van der Waals surface area contributed by atoms with Crippen molar-refractivity contribution in [2.75, 3.05) is 7.11 Å². The molecular weight excluding hydrogens is 274 g/mol. The van der Waals surface area contributed by atoms with Gasteiger partial charge in [0.2, 0.25) is 0 Å². The lowest BCUT2D eigenvalue weighted by Crippen LogP contribution is -2.44. The molecule has 0 unspecified atom stereocenters. The first-order chi connectivity index (χ1) is 9.55. The normalized spacial score (nSPS) is 13.9. The van der Waals surface area contributed by atoms with Crippen LogP contribution in [0.5, 0.6) is 0 Å². The lowest BCUT2D eigenvalue weighted by Gasteiger charge is -2.23. The molecule has 0 heterocycles. The maximum absolute atomic E-state index is 11.7. The fourth-order valence-corrected chi connectivity index (χ4v) is 1.65. The molecule has 0 saturated heterocycles. The monoisotopic (exact) mass is 301 g/mol. The Labute approximate surface area is 126 Å². The van der Waals surface area contributed by atoms with E-state index >= 15 is 0 Å². The van der Waals surface area contributed by atoms with Crippen molar-refractivity contribution in [3.8, 4) is 0 Å². The van der Waals surface area contributed by atoms with Crippen molar-refractivity contribution >= 4 is 12.1 Å². The first-order valence-corrected chi connectivity index (χ1v) is 6.95. The van der Waals surface area contributed by atoms with Crippen molar-refractivity contribution in [1.29, 1.82) is 0 Å². The van der Waals surface area contributed by atoms with Gasteiger partial charge in [-0.3, -0.25) is 0 Å². The van der Waals surface area contributed by atoms with Gasteiger partial charge in [-0.1, -0.05) is 11.6 Å². The number of ether oxygens (including phenoxy) is 2. The van der Waals surface area contributed by atoms with Gasteiger partial charge in [-0.25, -0.2) is 9.59 Å². The molecule has 2 atom stereocenters. The number of carbonyl (C=O) groups excluding carboxylic acids is 2. The van der Waals surface area contributed by atoms with Gasteiger partial charge in [-0.2, -0.15) is 0 Å². The van der Waals surface area contributed by atoms with E-state index < -0.39 is 29.8 Å². The summed E-state index contributed by atoms with van der Waals surface area (Å²) in [6.07, 6.45) is 0.941. The van der Waals surface area contributed by atoms with Crippen LogP contribution in [-0.2, 0) is 14.3 Å². The molecule has 0 aliphatic carbocycles. The fourth-order valence-electron chi connectivity index (χ4n) is 1.65. The SMILES string of the molecule is COC(=O)[C@@H](CC[C@H](O)C=C(C)C)NC(=O)OC(C)(C)C. The molecule has 1 amide bonds. The number of esters is 1. The molecule has 0 aromatic rings. The molecule has 6 heteroatoms. The number of hydrogen-bond donors (Lipinski definition) is 2. The molecule has 0 rings (SSSR count). The minimum Gasteiger partial charge on any atom is -0.467 e. The van der Waals surface area contributed by atoms with Crippen molar-refractivity contribution in [1.82, 2.24) is 5.32 Å². The zero-order valence-electron chi connectivity index (χ0n) is 13.7. The van der Waals surface area contributed by atoms with E-state index in [2.05, 4.69) is 10.1 Å². The standard InChI is InChI=1S/C15H27NO5/c1-10(2)9-11(17)7-8-12(13(18)20-6)16-14(19)21-15(3,4)5/h9,11-12,17H,7-8H2,1-6H3,(H,16,19)/t11-,12+/m0/s1. The van der Waals surface area contributed by atoms with Crippen LogP contribution in [0.1, 0.15) is 47.5 Å². The second kappa shape index (κ2) is 8.67. The summed E-state index contributed by atoms with van der Waals surface area (Å²) in [5.41, 5.74) is 0.337. The highest BCUT2D eigenvalue weighted by molar-refractivity contribution is 5.81. The Morgan fingerprint density at radius 3 is 2.24 bits per heavy atom. The van der Waals surface area contributed by atoms with Crippen molar-refractivity contribution in [2.24, 2.45) is 0 Å². The van der Waals surface area contributed by atoms with Gasteiger partial charge in [-0.15, -0.1) is 0 Å². The summed E-state index contributed by atoms with van der Waals surface area (Å²) in [5, 5.41) is 12.2. The van der Waals surface area contributed by atoms with Crippen LogP contribution in [0.4, 0.5) is 4.79 Å². The highest BCUT2D eigenvalue weighted by Crippen LogP contribution is 2.10. The minimum atomic E-state index is -0.843. The van der Waals surface area contributed by atoms with Crippen LogP contribution in [0.25, 0.3) is 0 Å². The summed E-state index contributed by atoms with van der Waals surface area (Å²) in [6, 6.07) is -0.843. The van der Waals surface area contributed by atoms with Gasteiger partial charge in [0.05, 0.1) is 13.2 Å². The van der Waals surface area contributed by atoms with Gasteiger partial charge in [0.25, 0.3) is 0 Å². The topological polar surface area (TPSA) is 84.9 Å². The number of nitrogens with one attached hydrogen (secondary N) is 1. The number of rotatable bonds is 6. The first kappa shape index (κ1) is 19.4. The highest BCUT2D eigenvalue weighted by atomic mass is 16.6. The number of alkyl carbamates (subject to hydrolysis) is 1. The van der Waals surface area contributed by atoms with Crippen molar-refractivity contribution in [3.63, 3.8) is 0 Å². The van der Waals surface area contributed by atoms with Gasteiger partial charge < -0.3 is 19.9 Å². The van der Waals surface area contributed by atoms with E-state index in [0.29, 0.717) is 6.42 Å². The van der Waals surface area contributed by atoms with Gasteiger partial charge in [0.1, 0.15) is 11.6 Å². The van der Waals surface area contributed by atoms with E-state index in [1.165, 1.54) is 7.11 Å². The predicted molar refractivity (Wildman–Crippen MR) is 79.8 cm³/mol. The van der Waals surface area contributed by atoms with Gasteiger partial charge in [0, 0.05) is 0 Å². The summed E-state index contributed by atoms with van der Waals surface area (Å²) < 4.78 is 9.75. The third-order valence-electron chi connectivity index (χ3n) is 2.45. The molecule has 0 saturated carbocycles. The zero-order chi connectivity index (χ0) is 16.6. The van der Waals surface area contributed by atoms with Crippen molar-refractivity contribution in [2.45, 2.75) is 65.2 Å². The van der Waals surface area contributed by atoms with Gasteiger partial charge in [0.15, 0.2) is 0 Å². The van der Waals surface area contributed by atoms with Crippen LogP contribution in [0.3, 0.4) is 0 Å². The van der Waals surface area contributed by atoms with Crippen molar-refractivity contribution < 1.29 is 24.2 Å². The molecule has 122 valence electrons.